The molecule has 376 valence electrons. The lowest BCUT2D eigenvalue weighted by molar-refractivity contribution is -0.154. The van der Waals surface area contributed by atoms with Gasteiger partial charge in [0.2, 0.25) is 0 Å². The average Bonchev–Trinajstić information content (AvgIpc) is 3.29. The molecule has 4 N–H and O–H groups in total. The summed E-state index contributed by atoms with van der Waals surface area (Å²) >= 11 is 0. The molecule has 0 heterocycles. The Morgan fingerprint density at radius 3 is 1.35 bits per heavy atom. The summed E-state index contributed by atoms with van der Waals surface area (Å²) in [6, 6.07) is -1.48. The van der Waals surface area contributed by atoms with E-state index in [2.05, 4.69) is 86.8 Å². The van der Waals surface area contributed by atoms with E-state index in [-0.39, 0.29) is 13.0 Å². The standard InChI is InChI=1S/C54H96NO9P/c1-3-5-7-9-11-13-15-17-19-21-23-24-25-26-27-29-31-33-35-37-39-41-43-45-47-61-48-51(49-62-65(59,60)63-50-52(55)54(57)58)64-53(56)46-44-42-40-38-36-34-32-30-28-22-20-18-16-14-12-10-8-6-4-2/h6,8,12,14,18,20-21,23,28,30,34,36,51-52H,3-5,7,9-11,13,15-17,19,22,24-27,29,31-33,35,37-50,55H2,1-2H3,(H,57,58)(H,59,60)/b8-6-,14-12-,20-18-,23-21-,30-28-,36-34-. The lowest BCUT2D eigenvalue weighted by atomic mass is 10.0. The molecule has 0 aromatic carbocycles. The fourth-order valence-electron chi connectivity index (χ4n) is 6.98. The van der Waals surface area contributed by atoms with Gasteiger partial charge in [0.25, 0.3) is 0 Å². The molecule has 0 aliphatic carbocycles. The largest absolute Gasteiger partial charge is 0.480 e. The Labute approximate surface area is 397 Å². The number of carboxylic acid groups (broad SMARTS) is 1. The van der Waals surface area contributed by atoms with Gasteiger partial charge >= 0.3 is 19.8 Å². The lowest BCUT2D eigenvalue weighted by Crippen LogP contribution is -2.34. The van der Waals surface area contributed by atoms with E-state index < -0.39 is 45.1 Å². The first-order chi connectivity index (χ1) is 31.7. The highest BCUT2D eigenvalue weighted by Gasteiger charge is 2.27. The number of carboxylic acids is 1. The van der Waals surface area contributed by atoms with E-state index in [9.17, 15) is 19.0 Å². The molecule has 0 fully saturated rings. The van der Waals surface area contributed by atoms with Crippen LogP contribution in [0.15, 0.2) is 72.9 Å². The molecule has 10 nitrogen and oxygen atoms in total. The number of carbonyl (C=O) groups is 2. The number of carbonyl (C=O) groups excluding carboxylic acids is 1. The second kappa shape index (κ2) is 49.3. The van der Waals surface area contributed by atoms with Crippen LogP contribution in [0.1, 0.15) is 219 Å². The average molecular weight is 934 g/mol. The van der Waals surface area contributed by atoms with E-state index in [4.69, 9.17) is 29.4 Å². The first kappa shape index (κ1) is 62.4. The van der Waals surface area contributed by atoms with Gasteiger partial charge in [-0.1, -0.05) is 202 Å². The molecule has 0 aromatic rings. The molecular weight excluding hydrogens is 838 g/mol. The van der Waals surface area contributed by atoms with Crippen molar-refractivity contribution in [2.24, 2.45) is 5.73 Å². The fourth-order valence-corrected chi connectivity index (χ4v) is 7.76. The molecule has 0 aliphatic rings. The van der Waals surface area contributed by atoms with Crippen LogP contribution in [-0.4, -0.2) is 60.5 Å². The zero-order valence-electron chi connectivity index (χ0n) is 41.3. The highest BCUT2D eigenvalue weighted by atomic mass is 31.2. The molecule has 0 aromatic heterocycles. The summed E-state index contributed by atoms with van der Waals surface area (Å²) in [5, 5.41) is 8.93. The third-order valence-corrected chi connectivity index (χ3v) is 11.9. The molecule has 0 amide bonds. The van der Waals surface area contributed by atoms with Gasteiger partial charge in [-0.25, -0.2) is 4.57 Å². The minimum absolute atomic E-state index is 0.000505. The van der Waals surface area contributed by atoms with Crippen molar-refractivity contribution in [1.29, 1.82) is 0 Å². The van der Waals surface area contributed by atoms with Crippen molar-refractivity contribution in [3.05, 3.63) is 72.9 Å². The van der Waals surface area contributed by atoms with Crippen LogP contribution in [0, 0.1) is 0 Å². The first-order valence-corrected chi connectivity index (χ1v) is 27.5. The van der Waals surface area contributed by atoms with E-state index in [1.54, 1.807) is 0 Å². The first-order valence-electron chi connectivity index (χ1n) is 26.0. The number of phosphoric acid groups is 1. The SMILES string of the molecule is CC/C=C\C/C=C\C/C=C\C/C=C\C/C=C\CCCCCC(=O)OC(COCCCCCCCCCCCCCC/C=C\CCCCCCCCCC)COP(=O)(O)OCC(N)C(=O)O. The van der Waals surface area contributed by atoms with Crippen LogP contribution >= 0.6 is 7.82 Å². The Hall–Kier alpha value is -2.59. The van der Waals surface area contributed by atoms with Crippen LogP contribution in [0.5, 0.6) is 0 Å². The molecule has 0 saturated carbocycles. The van der Waals surface area contributed by atoms with Gasteiger partial charge in [0.1, 0.15) is 12.1 Å². The van der Waals surface area contributed by atoms with Gasteiger partial charge in [-0.15, -0.1) is 0 Å². The number of aliphatic carboxylic acids is 1. The molecule has 11 heteroatoms. The molecule has 0 radical (unpaired) electrons. The Bertz CT molecular complexity index is 1310. The number of phosphoric ester groups is 1. The highest BCUT2D eigenvalue weighted by molar-refractivity contribution is 7.47. The number of allylic oxidation sites excluding steroid dienone is 12. The summed E-state index contributed by atoms with van der Waals surface area (Å²) in [5.41, 5.74) is 5.37. The zero-order chi connectivity index (χ0) is 47.6. The number of rotatable bonds is 49. The van der Waals surface area contributed by atoms with Crippen molar-refractivity contribution < 1.29 is 42.7 Å². The maximum absolute atomic E-state index is 12.7. The molecule has 0 aliphatic heterocycles. The highest BCUT2D eigenvalue weighted by Crippen LogP contribution is 2.43. The summed E-state index contributed by atoms with van der Waals surface area (Å²) in [4.78, 5) is 33.7. The number of hydrogen-bond donors (Lipinski definition) is 3. The van der Waals surface area contributed by atoms with Gasteiger partial charge in [0.05, 0.1) is 19.8 Å². The quantitative estimate of drug-likeness (QED) is 0.0232. The number of nitrogens with two attached hydrogens (primary N) is 1. The van der Waals surface area contributed by atoms with Crippen molar-refractivity contribution in [3.63, 3.8) is 0 Å². The van der Waals surface area contributed by atoms with E-state index in [1.807, 2.05) is 0 Å². The molecule has 0 spiro atoms. The molecule has 0 rings (SSSR count). The minimum Gasteiger partial charge on any atom is -0.480 e. The Morgan fingerprint density at radius 1 is 0.508 bits per heavy atom. The van der Waals surface area contributed by atoms with Gasteiger partial charge in [0.15, 0.2) is 0 Å². The Kier molecular flexibility index (Phi) is 47.4. The molecular formula is C54H96NO9P. The van der Waals surface area contributed by atoms with Crippen LogP contribution in [0.2, 0.25) is 0 Å². The van der Waals surface area contributed by atoms with E-state index in [0.29, 0.717) is 13.0 Å². The second-order valence-corrected chi connectivity index (χ2v) is 18.7. The number of esters is 1. The molecule has 3 unspecified atom stereocenters. The van der Waals surface area contributed by atoms with Crippen LogP contribution in [0.3, 0.4) is 0 Å². The van der Waals surface area contributed by atoms with Crippen molar-refractivity contribution in [3.8, 4) is 0 Å². The maximum Gasteiger partial charge on any atom is 0.472 e. The van der Waals surface area contributed by atoms with Crippen LogP contribution in [-0.2, 0) is 32.7 Å². The number of ether oxygens (including phenoxy) is 2. The van der Waals surface area contributed by atoms with E-state index in [1.165, 1.54) is 122 Å². The van der Waals surface area contributed by atoms with Gasteiger partial charge in [-0.05, 0) is 83.5 Å². The second-order valence-electron chi connectivity index (χ2n) is 17.3. The van der Waals surface area contributed by atoms with Crippen molar-refractivity contribution in [2.45, 2.75) is 231 Å². The molecule has 0 saturated heterocycles. The smallest absolute Gasteiger partial charge is 0.472 e. The third-order valence-electron chi connectivity index (χ3n) is 11.0. The van der Waals surface area contributed by atoms with Gasteiger partial charge in [-0.3, -0.25) is 18.6 Å². The van der Waals surface area contributed by atoms with Crippen molar-refractivity contribution in [1.82, 2.24) is 0 Å². The third kappa shape index (κ3) is 49.1. The monoisotopic (exact) mass is 934 g/mol. The summed E-state index contributed by atoms with van der Waals surface area (Å²) in [6.45, 7) is 3.74. The predicted octanol–water partition coefficient (Wildman–Crippen LogP) is 15.3. The van der Waals surface area contributed by atoms with Gasteiger partial charge in [-0.2, -0.15) is 0 Å². The summed E-state index contributed by atoms with van der Waals surface area (Å²) in [5.74, 6) is -1.81. The van der Waals surface area contributed by atoms with Gasteiger partial charge in [0, 0.05) is 13.0 Å². The Balaban J connectivity index is 4.17. The predicted molar refractivity (Wildman–Crippen MR) is 272 cm³/mol. The van der Waals surface area contributed by atoms with Crippen LogP contribution in [0.25, 0.3) is 0 Å². The summed E-state index contributed by atoms with van der Waals surface area (Å²) in [7, 11) is -4.64. The lowest BCUT2D eigenvalue weighted by Gasteiger charge is -2.20. The van der Waals surface area contributed by atoms with Crippen molar-refractivity contribution >= 4 is 19.8 Å². The maximum atomic E-state index is 12.7. The number of hydrogen-bond acceptors (Lipinski definition) is 8. The van der Waals surface area contributed by atoms with Gasteiger partial charge < -0.3 is 25.2 Å². The van der Waals surface area contributed by atoms with E-state index in [0.717, 1.165) is 70.6 Å². The summed E-state index contributed by atoms with van der Waals surface area (Å²) in [6.07, 6.45) is 62.5. The summed E-state index contributed by atoms with van der Waals surface area (Å²) < 4.78 is 33.5. The van der Waals surface area contributed by atoms with Crippen LogP contribution in [0.4, 0.5) is 0 Å². The molecule has 3 atom stereocenters. The molecule has 0 bridgehead atoms. The minimum atomic E-state index is -4.64. The van der Waals surface area contributed by atoms with E-state index >= 15 is 0 Å². The molecule has 65 heavy (non-hydrogen) atoms. The fraction of sp³-hybridized carbons (Fsp3) is 0.741. The number of unbranched alkanes of at least 4 members (excludes halogenated alkanes) is 23. The van der Waals surface area contributed by atoms with Crippen molar-refractivity contribution in [2.75, 3.05) is 26.4 Å². The topological polar surface area (TPSA) is 155 Å². The normalized spacial score (nSPS) is 14.3. The Morgan fingerprint density at radius 2 is 0.892 bits per heavy atom. The van der Waals surface area contributed by atoms with Crippen LogP contribution < -0.4 is 5.73 Å². The zero-order valence-corrected chi connectivity index (χ0v) is 42.2.